The van der Waals surface area contributed by atoms with E-state index in [1.54, 1.807) is 121 Å². The molecule has 0 aromatic heterocycles. The number of hydrogen-bond donors (Lipinski definition) is 5. The second kappa shape index (κ2) is 24.3. The Kier molecular flexibility index (Phi) is 21.3. The van der Waals surface area contributed by atoms with Crippen LogP contribution in [-0.4, -0.2) is 0 Å². The zero-order chi connectivity index (χ0) is 35.9. The fourth-order valence-electron chi connectivity index (χ4n) is 2.95. The summed E-state index contributed by atoms with van der Waals surface area (Å²) < 4.78 is 0. The molecule has 0 aliphatic heterocycles. The van der Waals surface area contributed by atoms with Crippen molar-refractivity contribution in [2.24, 2.45) is 0 Å². The summed E-state index contributed by atoms with van der Waals surface area (Å²) in [6, 6.07) is 41.6. The summed E-state index contributed by atoms with van der Waals surface area (Å²) in [6.45, 7) is 2.05. The molecule has 10 nitrogen and oxygen atoms in total. The molecular formula is C37H42CuN10S-6. The first kappa shape index (κ1) is 43.1. The number of hydrogen-bond acceptors (Lipinski definition) is 6. The first-order valence-electron chi connectivity index (χ1n) is 14.3. The van der Waals surface area contributed by atoms with E-state index in [1.165, 1.54) is 5.56 Å². The summed E-state index contributed by atoms with van der Waals surface area (Å²) in [6.07, 6.45) is 0. The van der Waals surface area contributed by atoms with Crippen LogP contribution in [0.1, 0.15) is 5.56 Å². The van der Waals surface area contributed by atoms with Crippen molar-refractivity contribution < 1.29 is 17.1 Å². The van der Waals surface area contributed by atoms with E-state index in [4.69, 9.17) is 70.0 Å². The molecule has 0 heterocycles. The van der Waals surface area contributed by atoms with Gasteiger partial charge in [-0.05, 0) is 67.6 Å². The van der Waals surface area contributed by atoms with Crippen molar-refractivity contribution in [3.63, 3.8) is 0 Å². The Labute approximate surface area is 305 Å². The molecule has 0 atom stereocenters. The molecule has 0 saturated carbocycles. The van der Waals surface area contributed by atoms with Crippen molar-refractivity contribution in [2.75, 3.05) is 28.7 Å². The standard InChI is InChI=1S/C7H8S.5C6H7N2.Cu/c1-6-2-4-7(8)5-3-6;5*7-5-1-2-6(8)4-3-5;/h2-5,8H,1H3;5*1-4,7H,8H2;/q;5*-1;/p-1. The molecule has 6 aromatic carbocycles. The van der Waals surface area contributed by atoms with Gasteiger partial charge in [0.2, 0.25) is 0 Å². The Morgan fingerprint density at radius 3 is 0.612 bits per heavy atom. The third-order valence-electron chi connectivity index (χ3n) is 5.57. The van der Waals surface area contributed by atoms with Crippen molar-refractivity contribution in [3.05, 3.63) is 180 Å². The second-order valence-electron chi connectivity index (χ2n) is 9.92. The van der Waals surface area contributed by atoms with Crippen LogP contribution in [0.25, 0.3) is 28.7 Å². The number of nitrogens with two attached hydrogens (primary N) is 5. The largest absolute Gasteiger partial charge is 0.780 e. The van der Waals surface area contributed by atoms with Gasteiger partial charge in [-0.3, -0.25) is 0 Å². The van der Waals surface area contributed by atoms with E-state index < -0.39 is 0 Å². The molecule has 6 rings (SSSR count). The van der Waals surface area contributed by atoms with Crippen molar-refractivity contribution in [1.82, 2.24) is 0 Å². The molecule has 0 unspecified atom stereocenters. The van der Waals surface area contributed by atoms with Crippen LogP contribution >= 0.6 is 0 Å². The fourth-order valence-corrected chi connectivity index (χ4v) is 3.09. The molecule has 1 radical (unpaired) electrons. The molecule has 0 amide bonds. The minimum atomic E-state index is 0. The van der Waals surface area contributed by atoms with E-state index in [-0.39, 0.29) is 17.1 Å². The maximum atomic E-state index is 7.04. The van der Waals surface area contributed by atoms with Gasteiger partial charge in [-0.2, -0.15) is 4.90 Å². The van der Waals surface area contributed by atoms with Crippen molar-refractivity contribution >= 4 is 69.5 Å². The Morgan fingerprint density at radius 2 is 0.490 bits per heavy atom. The van der Waals surface area contributed by atoms with Crippen LogP contribution in [0, 0.1) is 6.92 Å². The van der Waals surface area contributed by atoms with Gasteiger partial charge in [0.25, 0.3) is 0 Å². The summed E-state index contributed by atoms with van der Waals surface area (Å²) in [4.78, 5) is 0.913. The summed E-state index contributed by atoms with van der Waals surface area (Å²) >= 11 is 4.87. The van der Waals surface area contributed by atoms with Crippen LogP contribution < -0.4 is 28.7 Å². The van der Waals surface area contributed by atoms with Crippen molar-refractivity contribution in [1.29, 1.82) is 0 Å². The van der Waals surface area contributed by atoms with Crippen LogP contribution in [0.5, 0.6) is 0 Å². The minimum absolute atomic E-state index is 0. The predicted molar refractivity (Wildman–Crippen MR) is 211 cm³/mol. The number of benzene rings is 6. The van der Waals surface area contributed by atoms with E-state index >= 15 is 0 Å². The van der Waals surface area contributed by atoms with Crippen molar-refractivity contribution in [2.45, 2.75) is 11.8 Å². The van der Waals surface area contributed by atoms with Gasteiger partial charge < -0.3 is 70.0 Å². The second-order valence-corrected chi connectivity index (χ2v) is 10.4. The Hall–Kier alpha value is -5.94. The number of nitrogens with one attached hydrogen (secondary N) is 5. The maximum Gasteiger partial charge on any atom is 0.0313 e. The van der Waals surface area contributed by atoms with Gasteiger partial charge in [-0.25, -0.2) is 0 Å². The number of nitrogen functional groups attached to an aromatic ring is 5. The first-order chi connectivity index (χ1) is 22.7. The summed E-state index contributed by atoms with van der Waals surface area (Å²) in [7, 11) is 0. The SMILES string of the molecule is Cc1ccc([S-])cc1.[Cu].[NH-]c1ccc(N)cc1.[NH-]c1ccc(N)cc1.[NH-]c1ccc(N)cc1.[NH-]c1ccc(N)cc1.[NH-]c1ccc(N)cc1. The van der Waals surface area contributed by atoms with Gasteiger partial charge >= 0.3 is 0 Å². The Bertz CT molecular complexity index is 1220. The number of aryl methyl sites for hydroxylation is 1. The van der Waals surface area contributed by atoms with E-state index in [0.29, 0.717) is 56.9 Å². The summed E-state index contributed by atoms with van der Waals surface area (Å²) in [5, 5.41) is 0. The topological polar surface area (TPSA) is 249 Å². The molecule has 0 fully saturated rings. The zero-order valence-electron chi connectivity index (χ0n) is 27.0. The smallest absolute Gasteiger partial charge is 0.0313 e. The van der Waals surface area contributed by atoms with Crippen LogP contribution in [0.3, 0.4) is 0 Å². The Balaban J connectivity index is 0.000000562. The van der Waals surface area contributed by atoms with Gasteiger partial charge in [-0.1, -0.05) is 90.5 Å². The zero-order valence-corrected chi connectivity index (χ0v) is 28.7. The molecule has 0 spiro atoms. The average Bonchev–Trinajstić information content (AvgIpc) is 3.07. The van der Waals surface area contributed by atoms with Crippen LogP contribution in [0.2, 0.25) is 0 Å². The van der Waals surface area contributed by atoms with Gasteiger partial charge in [-0.15, -0.1) is 28.4 Å². The third-order valence-corrected chi connectivity index (χ3v) is 5.85. The normalized spacial score (nSPS) is 8.84. The average molecular weight is 722 g/mol. The van der Waals surface area contributed by atoms with Crippen LogP contribution in [0.15, 0.2) is 150 Å². The third kappa shape index (κ3) is 23.1. The first-order valence-corrected chi connectivity index (χ1v) is 14.7. The monoisotopic (exact) mass is 721 g/mol. The van der Waals surface area contributed by atoms with E-state index in [0.717, 1.165) is 4.90 Å². The molecule has 0 saturated heterocycles. The molecule has 0 aliphatic rings. The van der Waals surface area contributed by atoms with Gasteiger partial charge in [0, 0.05) is 45.5 Å². The molecule has 0 aliphatic carbocycles. The number of anilines is 5. The molecule has 6 aromatic rings. The van der Waals surface area contributed by atoms with E-state index in [2.05, 4.69) is 6.92 Å². The van der Waals surface area contributed by atoms with Gasteiger partial charge in [0.15, 0.2) is 0 Å². The van der Waals surface area contributed by atoms with Gasteiger partial charge in [0.1, 0.15) is 0 Å². The molecule has 49 heavy (non-hydrogen) atoms. The number of rotatable bonds is 0. The van der Waals surface area contributed by atoms with E-state index in [1.807, 2.05) is 24.3 Å². The van der Waals surface area contributed by atoms with Gasteiger partial charge in [0.05, 0.1) is 0 Å². The van der Waals surface area contributed by atoms with E-state index in [9.17, 15) is 0 Å². The minimum Gasteiger partial charge on any atom is -0.780 e. The summed E-state index contributed by atoms with van der Waals surface area (Å²) in [5.41, 5.74) is 69.2. The molecular weight excluding hydrogens is 680 g/mol. The Morgan fingerprint density at radius 1 is 0.327 bits per heavy atom. The molecule has 263 valence electrons. The molecule has 15 N–H and O–H groups in total. The quantitative estimate of drug-likeness (QED) is 0.0578. The summed E-state index contributed by atoms with van der Waals surface area (Å²) in [5.74, 6) is 0. The fraction of sp³-hybridized carbons (Fsp3) is 0.0270. The van der Waals surface area contributed by atoms with Crippen LogP contribution in [0.4, 0.5) is 56.9 Å². The van der Waals surface area contributed by atoms with Crippen LogP contribution in [-0.2, 0) is 29.7 Å². The molecule has 12 heteroatoms. The van der Waals surface area contributed by atoms with Crippen molar-refractivity contribution in [3.8, 4) is 0 Å². The predicted octanol–water partition coefficient (Wildman–Crippen LogP) is 11.7. The molecule has 0 bridgehead atoms. The maximum absolute atomic E-state index is 7.04.